The molecule has 294 valence electrons. The molecule has 0 bridgehead atoms. The molecule has 2 atom stereocenters. The Morgan fingerprint density at radius 3 is 1.93 bits per heavy atom. The standard InChI is InChI=1S/C47H52N6O4/c1-34-28-52(29-35(2)53(34)30-36-24-26-51(27-25-36)47(54)57-33-39-18-11-6-12-19-39)42-21-13-20-40-44(49-50(3)45(40)42)41-22-23-43(55-31-37-14-7-4-8-15-37)48-46(41)56-32-38-16-9-5-10-17-38/h4-23,34-36H,24-33H2,1-3H3/t34-,35+. The number of aromatic nitrogens is 3. The number of piperazine rings is 1. The smallest absolute Gasteiger partial charge is 0.410 e. The van der Waals surface area contributed by atoms with Gasteiger partial charge < -0.3 is 24.0 Å². The Kier molecular flexibility index (Phi) is 11.7. The van der Waals surface area contributed by atoms with Crippen molar-refractivity contribution >= 4 is 22.7 Å². The van der Waals surface area contributed by atoms with E-state index in [9.17, 15) is 4.79 Å². The van der Waals surface area contributed by atoms with Crippen molar-refractivity contribution in [3.8, 4) is 23.0 Å². The molecule has 2 aromatic heterocycles. The summed E-state index contributed by atoms with van der Waals surface area (Å²) in [6.07, 6.45) is 1.77. The van der Waals surface area contributed by atoms with E-state index >= 15 is 0 Å². The number of benzene rings is 4. The Morgan fingerprint density at radius 1 is 0.702 bits per heavy atom. The van der Waals surface area contributed by atoms with Crippen LogP contribution in [0.5, 0.6) is 11.8 Å². The molecule has 0 N–H and O–H groups in total. The number of aryl methyl sites for hydroxylation is 1. The molecule has 0 aliphatic carbocycles. The Hall–Kier alpha value is -5.87. The van der Waals surface area contributed by atoms with Gasteiger partial charge in [-0.05, 0) is 61.4 Å². The van der Waals surface area contributed by atoms with Crippen molar-refractivity contribution in [3.05, 3.63) is 138 Å². The van der Waals surface area contributed by atoms with Crippen molar-refractivity contribution in [2.24, 2.45) is 13.0 Å². The van der Waals surface area contributed by atoms with Crippen LogP contribution >= 0.6 is 0 Å². The molecule has 6 aromatic rings. The molecular formula is C47H52N6O4. The average molecular weight is 765 g/mol. The lowest BCUT2D eigenvalue weighted by Gasteiger charge is -2.47. The summed E-state index contributed by atoms with van der Waals surface area (Å²) in [5, 5.41) is 6.16. The lowest BCUT2D eigenvalue weighted by Crippen LogP contribution is -2.58. The van der Waals surface area contributed by atoms with E-state index in [1.54, 1.807) is 0 Å². The van der Waals surface area contributed by atoms with Gasteiger partial charge in [0.2, 0.25) is 11.8 Å². The maximum Gasteiger partial charge on any atom is 0.410 e. The Balaban J connectivity index is 0.955. The Morgan fingerprint density at radius 2 is 1.30 bits per heavy atom. The summed E-state index contributed by atoms with van der Waals surface area (Å²) in [5.41, 5.74) is 7.05. The molecule has 57 heavy (non-hydrogen) atoms. The summed E-state index contributed by atoms with van der Waals surface area (Å²) in [5.74, 6) is 1.53. The first-order valence-electron chi connectivity index (χ1n) is 20.2. The molecular weight excluding hydrogens is 713 g/mol. The zero-order valence-electron chi connectivity index (χ0n) is 33.2. The van der Waals surface area contributed by atoms with Gasteiger partial charge in [0.25, 0.3) is 0 Å². The first-order valence-corrected chi connectivity index (χ1v) is 20.2. The third-order valence-corrected chi connectivity index (χ3v) is 11.4. The van der Waals surface area contributed by atoms with E-state index < -0.39 is 0 Å². The minimum absolute atomic E-state index is 0.211. The predicted octanol–water partition coefficient (Wildman–Crippen LogP) is 8.74. The van der Waals surface area contributed by atoms with Gasteiger partial charge in [0.1, 0.15) is 25.5 Å². The summed E-state index contributed by atoms with van der Waals surface area (Å²) < 4.78 is 20.2. The first kappa shape index (κ1) is 38.0. The highest BCUT2D eigenvalue weighted by atomic mass is 16.6. The second-order valence-electron chi connectivity index (χ2n) is 15.5. The fourth-order valence-corrected chi connectivity index (χ4v) is 8.34. The van der Waals surface area contributed by atoms with E-state index in [0.717, 1.165) is 84.4 Å². The molecule has 1 amide bonds. The van der Waals surface area contributed by atoms with Crippen LogP contribution < -0.4 is 14.4 Å². The molecule has 10 heteroatoms. The quantitative estimate of drug-likeness (QED) is 0.122. The van der Waals surface area contributed by atoms with Crippen molar-refractivity contribution in [3.63, 3.8) is 0 Å². The lowest BCUT2D eigenvalue weighted by atomic mass is 9.94. The van der Waals surface area contributed by atoms with Gasteiger partial charge in [-0.25, -0.2) is 4.79 Å². The van der Waals surface area contributed by atoms with Gasteiger partial charge in [0.05, 0.1) is 16.8 Å². The predicted molar refractivity (Wildman–Crippen MR) is 224 cm³/mol. The van der Waals surface area contributed by atoms with Gasteiger partial charge in [-0.15, -0.1) is 0 Å². The highest BCUT2D eigenvalue weighted by Crippen LogP contribution is 2.39. The number of ether oxygens (including phenoxy) is 3. The fourth-order valence-electron chi connectivity index (χ4n) is 8.34. The molecule has 0 unspecified atom stereocenters. The van der Waals surface area contributed by atoms with E-state index in [-0.39, 0.29) is 6.09 Å². The molecule has 0 radical (unpaired) electrons. The minimum atomic E-state index is -0.211. The van der Waals surface area contributed by atoms with Crippen molar-refractivity contribution in [1.82, 2.24) is 24.6 Å². The first-order chi connectivity index (χ1) is 27.9. The van der Waals surface area contributed by atoms with Crippen molar-refractivity contribution in [1.29, 1.82) is 0 Å². The third kappa shape index (κ3) is 8.92. The van der Waals surface area contributed by atoms with Gasteiger partial charge in [0, 0.05) is 63.3 Å². The van der Waals surface area contributed by atoms with Gasteiger partial charge in [0.15, 0.2) is 0 Å². The third-order valence-electron chi connectivity index (χ3n) is 11.4. The number of pyridine rings is 1. The number of anilines is 1. The number of piperidine rings is 1. The topological polar surface area (TPSA) is 85.2 Å². The number of nitrogens with zero attached hydrogens (tertiary/aromatic N) is 6. The van der Waals surface area contributed by atoms with E-state index in [0.29, 0.717) is 49.6 Å². The van der Waals surface area contributed by atoms with E-state index in [1.165, 1.54) is 5.69 Å². The van der Waals surface area contributed by atoms with Crippen LogP contribution in [-0.4, -0.2) is 75.5 Å². The van der Waals surface area contributed by atoms with Crippen LogP contribution in [0, 0.1) is 5.92 Å². The molecule has 8 rings (SSSR count). The molecule has 4 heterocycles. The van der Waals surface area contributed by atoms with Crippen LogP contribution in [-0.2, 0) is 31.6 Å². The van der Waals surface area contributed by atoms with Crippen LogP contribution in [0.1, 0.15) is 43.4 Å². The molecule has 2 saturated heterocycles. The summed E-state index contributed by atoms with van der Waals surface area (Å²) in [6.45, 7) is 10.1. The molecule has 10 nitrogen and oxygen atoms in total. The van der Waals surface area contributed by atoms with Crippen LogP contribution in [0.15, 0.2) is 121 Å². The van der Waals surface area contributed by atoms with E-state index in [1.807, 2.05) is 108 Å². The van der Waals surface area contributed by atoms with Gasteiger partial charge in [-0.3, -0.25) is 9.58 Å². The van der Waals surface area contributed by atoms with Gasteiger partial charge in [-0.1, -0.05) is 103 Å². The second-order valence-corrected chi connectivity index (χ2v) is 15.5. The SMILES string of the molecule is C[C@@H]1CN(c2cccc3c(-c4ccc(OCc5ccccc5)nc4OCc4ccccc4)nn(C)c23)C[C@H](C)N1CC1CCN(C(=O)OCc2ccccc2)CC1. The van der Waals surface area contributed by atoms with Crippen LogP contribution in [0.3, 0.4) is 0 Å². The number of hydrogen-bond acceptors (Lipinski definition) is 8. The van der Waals surface area contributed by atoms with Crippen molar-refractivity contribution < 1.29 is 19.0 Å². The molecule has 2 fully saturated rings. The number of para-hydroxylation sites is 1. The zero-order valence-corrected chi connectivity index (χ0v) is 33.2. The number of carbonyl (C=O) groups is 1. The molecule has 4 aromatic carbocycles. The van der Waals surface area contributed by atoms with Crippen LogP contribution in [0.4, 0.5) is 10.5 Å². The van der Waals surface area contributed by atoms with Gasteiger partial charge in [-0.2, -0.15) is 10.1 Å². The summed E-state index contributed by atoms with van der Waals surface area (Å²) in [4.78, 5) is 24.7. The van der Waals surface area contributed by atoms with Crippen LogP contribution in [0.2, 0.25) is 0 Å². The molecule has 2 aliphatic heterocycles. The maximum absolute atomic E-state index is 12.8. The second kappa shape index (κ2) is 17.5. The largest absolute Gasteiger partial charge is 0.473 e. The Bertz CT molecular complexity index is 2230. The molecule has 0 saturated carbocycles. The average Bonchev–Trinajstić information content (AvgIpc) is 3.59. The lowest BCUT2D eigenvalue weighted by molar-refractivity contribution is 0.0629. The number of amides is 1. The molecule has 0 spiro atoms. The molecule has 2 aliphatic rings. The summed E-state index contributed by atoms with van der Waals surface area (Å²) in [7, 11) is 2.03. The minimum Gasteiger partial charge on any atom is -0.473 e. The van der Waals surface area contributed by atoms with Crippen molar-refractivity contribution in [2.45, 2.75) is 58.6 Å². The monoisotopic (exact) mass is 764 g/mol. The number of carbonyl (C=O) groups excluding carboxylic acids is 1. The Labute approximate surface area is 335 Å². The maximum atomic E-state index is 12.8. The van der Waals surface area contributed by atoms with E-state index in [4.69, 9.17) is 24.3 Å². The van der Waals surface area contributed by atoms with E-state index in [2.05, 4.69) is 54.0 Å². The number of fused-ring (bicyclic) bond motifs is 1. The van der Waals surface area contributed by atoms with Crippen LogP contribution in [0.25, 0.3) is 22.2 Å². The number of hydrogen-bond donors (Lipinski definition) is 0. The number of rotatable bonds is 12. The summed E-state index contributed by atoms with van der Waals surface area (Å²) >= 11 is 0. The fraction of sp³-hybridized carbons (Fsp3) is 0.340. The normalized spacial score (nSPS) is 17.8. The highest BCUT2D eigenvalue weighted by molar-refractivity contribution is 6.01. The highest BCUT2D eigenvalue weighted by Gasteiger charge is 2.34. The van der Waals surface area contributed by atoms with Gasteiger partial charge >= 0.3 is 6.09 Å². The van der Waals surface area contributed by atoms with Crippen molar-refractivity contribution in [2.75, 3.05) is 37.6 Å². The number of likely N-dealkylation sites (tertiary alicyclic amines) is 1. The zero-order chi connectivity index (χ0) is 39.1. The summed E-state index contributed by atoms with van der Waals surface area (Å²) in [6, 6.07) is 41.2.